The molecule has 0 aromatic carbocycles. The van der Waals surface area contributed by atoms with Crippen molar-refractivity contribution in [2.24, 2.45) is 0 Å². The normalized spacial score (nSPS) is 17.3. The highest BCUT2D eigenvalue weighted by Gasteiger charge is 2.09. The maximum Gasteiger partial charge on any atom is 0.0497 e. The van der Waals surface area contributed by atoms with Gasteiger partial charge < -0.3 is 5.11 Å². The van der Waals surface area contributed by atoms with Crippen LogP contribution in [-0.2, 0) is 0 Å². The number of hydrogen-bond donors (Lipinski definition) is 1. The third-order valence-electron chi connectivity index (χ3n) is 1.14. The lowest BCUT2D eigenvalue weighted by molar-refractivity contribution is 0.283. The minimum Gasteiger partial charge on any atom is -0.396 e. The molecule has 0 spiro atoms. The molecule has 56 valence electrons. The molecule has 0 saturated carbocycles. The van der Waals surface area contributed by atoms with Gasteiger partial charge in [0.25, 0.3) is 0 Å². The van der Waals surface area contributed by atoms with Crippen LogP contribution in [0.4, 0.5) is 0 Å². The van der Waals surface area contributed by atoms with E-state index < -0.39 is 0 Å². The molecular formula is C6H12Cl2O. The Hall–Kier alpha value is 0.540. The molecule has 0 rings (SSSR count). The van der Waals surface area contributed by atoms with E-state index in [1.807, 2.05) is 6.92 Å². The summed E-state index contributed by atoms with van der Waals surface area (Å²) in [6.07, 6.45) is 1.54. The summed E-state index contributed by atoms with van der Waals surface area (Å²) < 4.78 is 0. The lowest BCUT2D eigenvalue weighted by Gasteiger charge is -2.09. The van der Waals surface area contributed by atoms with Crippen LogP contribution in [0.3, 0.4) is 0 Å². The summed E-state index contributed by atoms with van der Waals surface area (Å²) >= 11 is 11.4. The maximum absolute atomic E-state index is 8.40. The van der Waals surface area contributed by atoms with Gasteiger partial charge in [-0.3, -0.25) is 0 Å². The lowest BCUT2D eigenvalue weighted by atomic mass is 10.2. The molecule has 0 heterocycles. The number of rotatable bonds is 4. The molecule has 0 radical (unpaired) electrons. The smallest absolute Gasteiger partial charge is 0.0497 e. The zero-order valence-electron chi connectivity index (χ0n) is 5.48. The summed E-state index contributed by atoms with van der Waals surface area (Å²) in [5, 5.41) is 8.39. The van der Waals surface area contributed by atoms with Gasteiger partial charge in [0.1, 0.15) is 0 Å². The van der Waals surface area contributed by atoms with Crippen LogP contribution < -0.4 is 0 Å². The summed E-state index contributed by atoms with van der Waals surface area (Å²) in [5.74, 6) is 0. The quantitative estimate of drug-likeness (QED) is 0.641. The number of halogens is 2. The standard InChI is InChI=1S/C6H12Cl2O/c1-5(7)6(8)3-2-4-9/h5-6,9H,2-4H2,1H3/t5-,6-/m1/s1. The van der Waals surface area contributed by atoms with Crippen molar-refractivity contribution in [1.29, 1.82) is 0 Å². The molecule has 0 aromatic rings. The van der Waals surface area contributed by atoms with Crippen molar-refractivity contribution in [1.82, 2.24) is 0 Å². The molecule has 0 aliphatic carbocycles. The van der Waals surface area contributed by atoms with Crippen molar-refractivity contribution in [2.75, 3.05) is 6.61 Å². The van der Waals surface area contributed by atoms with Gasteiger partial charge in [-0.15, -0.1) is 23.2 Å². The topological polar surface area (TPSA) is 20.2 Å². The van der Waals surface area contributed by atoms with E-state index in [1.54, 1.807) is 0 Å². The molecule has 0 aromatic heterocycles. The molecule has 0 aliphatic heterocycles. The second-order valence-corrected chi connectivity index (χ2v) is 3.31. The van der Waals surface area contributed by atoms with Gasteiger partial charge in [0, 0.05) is 17.4 Å². The number of aliphatic hydroxyl groups is 1. The summed E-state index contributed by atoms with van der Waals surface area (Å²) in [4.78, 5) is 0. The van der Waals surface area contributed by atoms with Crippen molar-refractivity contribution < 1.29 is 5.11 Å². The Bertz CT molecular complexity index is 66.1. The Balaban J connectivity index is 3.16. The molecule has 2 atom stereocenters. The van der Waals surface area contributed by atoms with Crippen molar-refractivity contribution in [2.45, 2.75) is 30.5 Å². The van der Waals surface area contributed by atoms with Crippen molar-refractivity contribution in [3.63, 3.8) is 0 Å². The van der Waals surface area contributed by atoms with E-state index in [2.05, 4.69) is 0 Å². The van der Waals surface area contributed by atoms with Crippen LogP contribution in [0.5, 0.6) is 0 Å². The molecule has 0 saturated heterocycles. The largest absolute Gasteiger partial charge is 0.396 e. The second-order valence-electron chi connectivity index (χ2n) is 2.06. The molecule has 3 heteroatoms. The lowest BCUT2D eigenvalue weighted by Crippen LogP contribution is -2.10. The third-order valence-corrected chi connectivity index (χ3v) is 2.17. The first kappa shape index (κ1) is 9.54. The first-order valence-corrected chi connectivity index (χ1v) is 3.94. The zero-order chi connectivity index (χ0) is 7.28. The fraction of sp³-hybridized carbons (Fsp3) is 1.00. The molecule has 0 aliphatic rings. The van der Waals surface area contributed by atoms with Crippen LogP contribution in [0.25, 0.3) is 0 Å². The van der Waals surface area contributed by atoms with Crippen molar-refractivity contribution in [3.8, 4) is 0 Å². The Labute approximate surface area is 66.0 Å². The number of aliphatic hydroxyl groups excluding tert-OH is 1. The van der Waals surface area contributed by atoms with E-state index in [9.17, 15) is 0 Å². The van der Waals surface area contributed by atoms with E-state index >= 15 is 0 Å². The highest BCUT2D eigenvalue weighted by atomic mass is 35.5. The van der Waals surface area contributed by atoms with Crippen LogP contribution >= 0.6 is 23.2 Å². The summed E-state index contributed by atoms with van der Waals surface area (Å²) in [6.45, 7) is 2.06. The molecule has 1 N–H and O–H groups in total. The van der Waals surface area contributed by atoms with Crippen molar-refractivity contribution in [3.05, 3.63) is 0 Å². The van der Waals surface area contributed by atoms with E-state index in [0.717, 1.165) is 12.8 Å². The number of hydrogen-bond acceptors (Lipinski definition) is 1. The van der Waals surface area contributed by atoms with E-state index in [1.165, 1.54) is 0 Å². The van der Waals surface area contributed by atoms with E-state index in [4.69, 9.17) is 28.3 Å². The first-order valence-electron chi connectivity index (χ1n) is 3.07. The summed E-state index contributed by atoms with van der Waals surface area (Å²) in [7, 11) is 0. The van der Waals surface area contributed by atoms with Crippen LogP contribution in [0.1, 0.15) is 19.8 Å². The van der Waals surface area contributed by atoms with Gasteiger partial charge in [0.2, 0.25) is 0 Å². The highest BCUT2D eigenvalue weighted by Crippen LogP contribution is 2.14. The molecule has 1 nitrogen and oxygen atoms in total. The summed E-state index contributed by atoms with van der Waals surface area (Å²) in [5.41, 5.74) is 0. The Morgan fingerprint density at radius 2 is 2.00 bits per heavy atom. The van der Waals surface area contributed by atoms with Crippen LogP contribution in [0.15, 0.2) is 0 Å². The molecule has 0 fully saturated rings. The van der Waals surface area contributed by atoms with Gasteiger partial charge in [-0.25, -0.2) is 0 Å². The molecular weight excluding hydrogens is 159 g/mol. The van der Waals surface area contributed by atoms with Gasteiger partial charge in [0.05, 0.1) is 0 Å². The summed E-state index contributed by atoms with van der Waals surface area (Å²) in [6, 6.07) is 0. The van der Waals surface area contributed by atoms with E-state index in [-0.39, 0.29) is 17.4 Å². The second kappa shape index (κ2) is 5.33. The SMILES string of the molecule is C[C@@H](Cl)[C@H](Cl)CCCO. The maximum atomic E-state index is 8.40. The molecule has 0 bridgehead atoms. The van der Waals surface area contributed by atoms with Crippen LogP contribution in [-0.4, -0.2) is 22.5 Å². The van der Waals surface area contributed by atoms with Crippen LogP contribution in [0, 0.1) is 0 Å². The first-order chi connectivity index (χ1) is 4.18. The van der Waals surface area contributed by atoms with Crippen molar-refractivity contribution >= 4 is 23.2 Å². The van der Waals surface area contributed by atoms with Crippen LogP contribution in [0.2, 0.25) is 0 Å². The van der Waals surface area contributed by atoms with Gasteiger partial charge in [-0.05, 0) is 19.8 Å². The fourth-order valence-corrected chi connectivity index (χ4v) is 0.796. The van der Waals surface area contributed by atoms with Gasteiger partial charge in [0.15, 0.2) is 0 Å². The Morgan fingerprint density at radius 3 is 2.33 bits per heavy atom. The predicted molar refractivity (Wildman–Crippen MR) is 41.3 cm³/mol. The Kier molecular flexibility index (Phi) is 5.65. The molecule has 0 amide bonds. The van der Waals surface area contributed by atoms with E-state index in [0.29, 0.717) is 0 Å². The van der Waals surface area contributed by atoms with Gasteiger partial charge >= 0.3 is 0 Å². The average molecular weight is 171 g/mol. The fourth-order valence-electron chi connectivity index (χ4n) is 0.516. The van der Waals surface area contributed by atoms with Gasteiger partial charge in [-0.1, -0.05) is 0 Å². The monoisotopic (exact) mass is 170 g/mol. The minimum absolute atomic E-state index is 0.00110. The predicted octanol–water partition coefficient (Wildman–Crippen LogP) is 1.99. The minimum atomic E-state index is -0.00165. The third kappa shape index (κ3) is 5.01. The van der Waals surface area contributed by atoms with Gasteiger partial charge in [-0.2, -0.15) is 0 Å². The molecule has 9 heavy (non-hydrogen) atoms. The zero-order valence-corrected chi connectivity index (χ0v) is 6.99. The number of alkyl halides is 2. The average Bonchev–Trinajstić information content (AvgIpc) is 1.82. The molecule has 0 unspecified atom stereocenters. The Morgan fingerprint density at radius 1 is 1.44 bits per heavy atom. The highest BCUT2D eigenvalue weighted by molar-refractivity contribution is 6.29.